The molecule has 0 bridgehead atoms. The van der Waals surface area contributed by atoms with Gasteiger partial charge in [-0.25, -0.2) is 4.39 Å². The molecule has 0 atom stereocenters. The van der Waals surface area contributed by atoms with Gasteiger partial charge in [0.2, 0.25) is 0 Å². The van der Waals surface area contributed by atoms with Crippen molar-refractivity contribution >= 4 is 27.5 Å². The zero-order valence-corrected chi connectivity index (χ0v) is 12.7. The minimum atomic E-state index is -4.77. The lowest BCUT2D eigenvalue weighted by Gasteiger charge is -2.12. The van der Waals surface area contributed by atoms with Gasteiger partial charge in [-0.2, -0.15) is 13.2 Å². The molecule has 21 heavy (non-hydrogen) atoms. The van der Waals surface area contributed by atoms with Crippen LogP contribution in [0.3, 0.4) is 0 Å². The molecule has 112 valence electrons. The summed E-state index contributed by atoms with van der Waals surface area (Å²) in [5, 5.41) is 0.419. The Hall–Kier alpha value is -1.27. The van der Waals surface area contributed by atoms with E-state index in [1.54, 1.807) is 18.2 Å². The largest absolute Gasteiger partial charge is 0.489 e. The SMILES string of the molecule is Fc1ccc(OCc2ccc(Br)cc2Cl)cc1C(F)(F)F. The van der Waals surface area contributed by atoms with Crippen LogP contribution in [0.2, 0.25) is 5.02 Å². The van der Waals surface area contributed by atoms with Gasteiger partial charge < -0.3 is 4.74 Å². The Bertz CT molecular complexity index is 658. The van der Waals surface area contributed by atoms with Crippen LogP contribution < -0.4 is 4.74 Å². The Balaban J connectivity index is 2.17. The summed E-state index contributed by atoms with van der Waals surface area (Å²) >= 11 is 9.21. The highest BCUT2D eigenvalue weighted by molar-refractivity contribution is 9.10. The molecule has 0 N–H and O–H groups in total. The Kier molecular flexibility index (Phi) is 4.78. The second-order valence-electron chi connectivity index (χ2n) is 4.16. The highest BCUT2D eigenvalue weighted by atomic mass is 79.9. The topological polar surface area (TPSA) is 9.23 Å². The molecule has 0 saturated carbocycles. The van der Waals surface area contributed by atoms with Crippen molar-refractivity contribution in [3.05, 3.63) is 62.8 Å². The first kappa shape index (κ1) is 16.1. The lowest BCUT2D eigenvalue weighted by molar-refractivity contribution is -0.140. The second kappa shape index (κ2) is 6.23. The van der Waals surface area contributed by atoms with Gasteiger partial charge >= 0.3 is 6.18 Å². The van der Waals surface area contributed by atoms with Gasteiger partial charge in [0.25, 0.3) is 0 Å². The molecule has 2 rings (SSSR count). The minimum Gasteiger partial charge on any atom is -0.489 e. The molecule has 0 radical (unpaired) electrons. The van der Waals surface area contributed by atoms with Crippen LogP contribution in [0.1, 0.15) is 11.1 Å². The van der Waals surface area contributed by atoms with Crippen molar-refractivity contribution in [2.24, 2.45) is 0 Å². The van der Waals surface area contributed by atoms with Crippen LogP contribution in [0.25, 0.3) is 0 Å². The highest BCUT2D eigenvalue weighted by Gasteiger charge is 2.34. The molecule has 0 aliphatic heterocycles. The van der Waals surface area contributed by atoms with E-state index in [0.29, 0.717) is 16.7 Å². The first-order valence-electron chi connectivity index (χ1n) is 5.71. The standard InChI is InChI=1S/C14H8BrClF4O/c15-9-2-1-8(12(16)5-9)7-21-10-3-4-13(17)11(6-10)14(18,19)20/h1-6H,7H2. The quantitative estimate of drug-likeness (QED) is 0.605. The predicted molar refractivity (Wildman–Crippen MR) is 74.9 cm³/mol. The summed E-state index contributed by atoms with van der Waals surface area (Å²) in [7, 11) is 0. The molecule has 2 aromatic carbocycles. The molecule has 0 fully saturated rings. The van der Waals surface area contributed by atoms with Crippen molar-refractivity contribution in [1.29, 1.82) is 0 Å². The number of alkyl halides is 3. The Morgan fingerprint density at radius 1 is 1.10 bits per heavy atom. The van der Waals surface area contributed by atoms with Gasteiger partial charge in [-0.1, -0.05) is 33.6 Å². The van der Waals surface area contributed by atoms with Gasteiger partial charge in [-0.3, -0.25) is 0 Å². The molecule has 0 aliphatic rings. The summed E-state index contributed by atoms with van der Waals surface area (Å²) in [5.41, 5.74) is -0.750. The van der Waals surface area contributed by atoms with Crippen LogP contribution in [0.4, 0.5) is 17.6 Å². The van der Waals surface area contributed by atoms with Gasteiger partial charge in [-0.05, 0) is 30.3 Å². The fourth-order valence-corrected chi connectivity index (χ4v) is 2.34. The summed E-state index contributed by atoms with van der Waals surface area (Å²) in [6, 6.07) is 7.55. The van der Waals surface area contributed by atoms with Crippen molar-refractivity contribution in [1.82, 2.24) is 0 Å². The molecule has 2 aromatic rings. The average Bonchev–Trinajstić information content (AvgIpc) is 2.38. The first-order chi connectivity index (χ1) is 9.77. The molecule has 0 heterocycles. The maximum atomic E-state index is 13.1. The Morgan fingerprint density at radius 2 is 1.81 bits per heavy atom. The molecule has 0 aliphatic carbocycles. The summed E-state index contributed by atoms with van der Waals surface area (Å²) in [6.45, 7) is -0.0188. The first-order valence-corrected chi connectivity index (χ1v) is 6.88. The fraction of sp³-hybridized carbons (Fsp3) is 0.143. The van der Waals surface area contributed by atoms with Crippen LogP contribution in [0, 0.1) is 5.82 Å². The maximum absolute atomic E-state index is 13.1. The molecule has 0 saturated heterocycles. The number of rotatable bonds is 3. The van der Waals surface area contributed by atoms with Crippen molar-refractivity contribution in [3.63, 3.8) is 0 Å². The minimum absolute atomic E-state index is 0.0188. The van der Waals surface area contributed by atoms with E-state index in [-0.39, 0.29) is 12.4 Å². The summed E-state index contributed by atoms with van der Waals surface area (Å²) in [5.74, 6) is -1.42. The van der Waals surface area contributed by atoms with Gasteiger partial charge in [0, 0.05) is 15.1 Å². The third-order valence-electron chi connectivity index (χ3n) is 2.65. The van der Waals surface area contributed by atoms with E-state index in [9.17, 15) is 17.6 Å². The van der Waals surface area contributed by atoms with Crippen LogP contribution in [0.15, 0.2) is 40.9 Å². The van der Waals surface area contributed by atoms with E-state index in [1.165, 1.54) is 0 Å². The molecule has 7 heteroatoms. The van der Waals surface area contributed by atoms with Crippen LogP contribution in [-0.2, 0) is 12.8 Å². The van der Waals surface area contributed by atoms with E-state index in [1.807, 2.05) is 0 Å². The van der Waals surface area contributed by atoms with E-state index < -0.39 is 17.6 Å². The molecule has 0 amide bonds. The zero-order chi connectivity index (χ0) is 15.6. The predicted octanol–water partition coefficient (Wildman–Crippen LogP) is 5.84. The molecular formula is C14H8BrClF4O. The molecule has 0 aromatic heterocycles. The van der Waals surface area contributed by atoms with Gasteiger partial charge in [0.05, 0.1) is 5.56 Å². The maximum Gasteiger partial charge on any atom is 0.419 e. The fourth-order valence-electron chi connectivity index (χ4n) is 1.61. The number of hydrogen-bond acceptors (Lipinski definition) is 1. The van der Waals surface area contributed by atoms with Crippen molar-refractivity contribution < 1.29 is 22.3 Å². The smallest absolute Gasteiger partial charge is 0.419 e. The van der Waals surface area contributed by atoms with Gasteiger partial charge in [0.1, 0.15) is 18.2 Å². The highest BCUT2D eigenvalue weighted by Crippen LogP contribution is 2.34. The zero-order valence-electron chi connectivity index (χ0n) is 10.3. The molecule has 1 nitrogen and oxygen atoms in total. The van der Waals surface area contributed by atoms with E-state index in [4.69, 9.17) is 16.3 Å². The number of ether oxygens (including phenoxy) is 1. The summed E-state index contributed by atoms with van der Waals surface area (Å²) in [6.07, 6.45) is -4.77. The number of hydrogen-bond donors (Lipinski definition) is 0. The number of benzene rings is 2. The lowest BCUT2D eigenvalue weighted by Crippen LogP contribution is -2.08. The van der Waals surface area contributed by atoms with E-state index in [0.717, 1.165) is 16.6 Å². The van der Waals surface area contributed by atoms with E-state index in [2.05, 4.69) is 15.9 Å². The number of halogens is 6. The molecule has 0 unspecified atom stereocenters. The second-order valence-corrected chi connectivity index (χ2v) is 5.49. The Morgan fingerprint density at radius 3 is 2.43 bits per heavy atom. The average molecular weight is 384 g/mol. The molecular weight excluding hydrogens is 376 g/mol. The van der Waals surface area contributed by atoms with Crippen molar-refractivity contribution in [2.45, 2.75) is 12.8 Å². The van der Waals surface area contributed by atoms with Crippen LogP contribution in [0.5, 0.6) is 5.75 Å². The van der Waals surface area contributed by atoms with Gasteiger partial charge in [-0.15, -0.1) is 0 Å². The monoisotopic (exact) mass is 382 g/mol. The van der Waals surface area contributed by atoms with Crippen LogP contribution in [-0.4, -0.2) is 0 Å². The van der Waals surface area contributed by atoms with Crippen LogP contribution >= 0.6 is 27.5 Å². The normalized spacial score (nSPS) is 11.5. The Labute approximate surface area is 131 Å². The summed E-state index contributed by atoms with van der Waals surface area (Å²) < 4.78 is 56.9. The van der Waals surface area contributed by atoms with Crippen molar-refractivity contribution in [2.75, 3.05) is 0 Å². The van der Waals surface area contributed by atoms with Gasteiger partial charge in [0.15, 0.2) is 0 Å². The lowest BCUT2D eigenvalue weighted by atomic mass is 10.2. The van der Waals surface area contributed by atoms with Crippen molar-refractivity contribution in [3.8, 4) is 5.75 Å². The molecule has 0 spiro atoms. The summed E-state index contributed by atoms with van der Waals surface area (Å²) in [4.78, 5) is 0. The third-order valence-corrected chi connectivity index (χ3v) is 3.50. The van der Waals surface area contributed by atoms with E-state index >= 15 is 0 Å². The third kappa shape index (κ3) is 4.11.